The van der Waals surface area contributed by atoms with Crippen molar-refractivity contribution in [2.24, 2.45) is 5.73 Å². The number of amides is 1. The van der Waals surface area contributed by atoms with Crippen molar-refractivity contribution in [3.05, 3.63) is 66.0 Å². The molecule has 0 aliphatic heterocycles. The standard InChI is InChI=1S/C29H30F2N4O5/c1-5-38-23-8-10-34-28(27(23)29(32)36)17-13-20(31)24(15-19(17)30)40-22-7-9-33-21-16-26(25(37-4)14-18(21)22)39-12-6-11-35(2)3/h7-10,13-16H,5-6,11-12H2,1-4H3,(H2,32,36). The van der Waals surface area contributed by atoms with Gasteiger partial charge in [0.15, 0.2) is 23.1 Å². The van der Waals surface area contributed by atoms with E-state index >= 15 is 8.78 Å². The zero-order valence-electron chi connectivity index (χ0n) is 22.7. The predicted molar refractivity (Wildman–Crippen MR) is 146 cm³/mol. The van der Waals surface area contributed by atoms with Crippen molar-refractivity contribution in [3.8, 4) is 40.0 Å². The highest BCUT2D eigenvalue weighted by molar-refractivity contribution is 6.01. The Kier molecular flexibility index (Phi) is 8.95. The van der Waals surface area contributed by atoms with Crippen LogP contribution in [0.25, 0.3) is 22.2 Å². The number of ether oxygens (including phenoxy) is 4. The molecule has 210 valence electrons. The van der Waals surface area contributed by atoms with Gasteiger partial charge < -0.3 is 29.6 Å². The minimum Gasteiger partial charge on any atom is -0.493 e. The Morgan fingerprint density at radius 3 is 2.38 bits per heavy atom. The fourth-order valence-corrected chi connectivity index (χ4v) is 4.12. The zero-order chi connectivity index (χ0) is 28.8. The molecule has 0 saturated carbocycles. The van der Waals surface area contributed by atoms with Gasteiger partial charge >= 0.3 is 0 Å². The number of halogens is 2. The molecule has 0 aliphatic rings. The number of aromatic nitrogens is 2. The van der Waals surface area contributed by atoms with Crippen LogP contribution in [-0.2, 0) is 0 Å². The lowest BCUT2D eigenvalue weighted by atomic mass is 10.0. The number of rotatable bonds is 12. The van der Waals surface area contributed by atoms with Crippen molar-refractivity contribution in [1.82, 2.24) is 14.9 Å². The summed E-state index contributed by atoms with van der Waals surface area (Å²) in [6.45, 7) is 3.30. The van der Waals surface area contributed by atoms with E-state index in [4.69, 9.17) is 24.7 Å². The lowest BCUT2D eigenvalue weighted by Crippen LogP contribution is -2.16. The van der Waals surface area contributed by atoms with Gasteiger partial charge in [-0.1, -0.05) is 0 Å². The Hall–Kier alpha value is -4.51. The molecule has 4 aromatic rings. The summed E-state index contributed by atoms with van der Waals surface area (Å²) in [4.78, 5) is 22.6. The molecule has 2 aromatic heterocycles. The zero-order valence-corrected chi connectivity index (χ0v) is 22.7. The van der Waals surface area contributed by atoms with Gasteiger partial charge in [0.2, 0.25) is 0 Å². The van der Waals surface area contributed by atoms with E-state index in [1.807, 2.05) is 14.1 Å². The molecule has 4 rings (SSSR count). The second-order valence-corrected chi connectivity index (χ2v) is 9.03. The number of nitrogens with two attached hydrogens (primary N) is 1. The number of carbonyl (C=O) groups excluding carboxylic acids is 1. The number of benzene rings is 2. The highest BCUT2D eigenvalue weighted by Crippen LogP contribution is 2.39. The Morgan fingerprint density at radius 2 is 1.68 bits per heavy atom. The molecule has 0 radical (unpaired) electrons. The van der Waals surface area contributed by atoms with Gasteiger partial charge in [-0.05, 0) is 51.7 Å². The number of nitrogens with zero attached hydrogens (tertiary/aromatic N) is 3. The van der Waals surface area contributed by atoms with Gasteiger partial charge in [-0.2, -0.15) is 0 Å². The van der Waals surface area contributed by atoms with Crippen molar-refractivity contribution < 1.29 is 32.5 Å². The summed E-state index contributed by atoms with van der Waals surface area (Å²) in [6, 6.07) is 8.13. The highest BCUT2D eigenvalue weighted by Gasteiger charge is 2.23. The summed E-state index contributed by atoms with van der Waals surface area (Å²) in [7, 11) is 5.48. The van der Waals surface area contributed by atoms with E-state index in [0.29, 0.717) is 29.0 Å². The Bertz CT molecular complexity index is 1530. The fraction of sp³-hybridized carbons (Fsp3) is 0.276. The molecule has 0 aliphatic carbocycles. The number of methoxy groups -OCH3 is 1. The molecule has 1 amide bonds. The number of carbonyl (C=O) groups is 1. The summed E-state index contributed by atoms with van der Waals surface area (Å²) in [5, 5.41) is 0.506. The normalized spacial score (nSPS) is 11.1. The monoisotopic (exact) mass is 552 g/mol. The van der Waals surface area contributed by atoms with Crippen molar-refractivity contribution in [2.75, 3.05) is 41.0 Å². The SMILES string of the molecule is CCOc1ccnc(-c2cc(F)c(Oc3ccnc4cc(OCCCN(C)C)c(OC)cc34)cc2F)c1C(N)=O. The van der Waals surface area contributed by atoms with Gasteiger partial charge in [0.05, 0.1) is 31.5 Å². The first-order valence-corrected chi connectivity index (χ1v) is 12.6. The molecule has 2 N–H and O–H groups in total. The van der Waals surface area contributed by atoms with Gasteiger partial charge in [-0.25, -0.2) is 8.78 Å². The first-order chi connectivity index (χ1) is 19.2. The summed E-state index contributed by atoms with van der Waals surface area (Å²) < 4.78 is 53.2. The molecule has 0 spiro atoms. The molecular weight excluding hydrogens is 522 g/mol. The smallest absolute Gasteiger partial charge is 0.254 e. The first kappa shape index (κ1) is 28.5. The topological polar surface area (TPSA) is 109 Å². The van der Waals surface area contributed by atoms with E-state index in [9.17, 15) is 4.79 Å². The van der Waals surface area contributed by atoms with Gasteiger partial charge in [0.1, 0.15) is 22.9 Å². The predicted octanol–water partition coefficient (Wildman–Crippen LogP) is 5.20. The van der Waals surface area contributed by atoms with Crippen molar-refractivity contribution in [2.45, 2.75) is 13.3 Å². The molecule has 9 nitrogen and oxygen atoms in total. The largest absolute Gasteiger partial charge is 0.493 e. The highest BCUT2D eigenvalue weighted by atomic mass is 19.1. The maximum atomic E-state index is 15.3. The van der Waals surface area contributed by atoms with Crippen LogP contribution in [0.15, 0.2) is 48.8 Å². The molecule has 2 heterocycles. The lowest BCUT2D eigenvalue weighted by molar-refractivity contribution is 0.0997. The maximum Gasteiger partial charge on any atom is 0.254 e. The van der Waals surface area contributed by atoms with Crippen molar-refractivity contribution in [1.29, 1.82) is 0 Å². The van der Waals surface area contributed by atoms with E-state index in [2.05, 4.69) is 14.9 Å². The lowest BCUT2D eigenvalue weighted by Gasteiger charge is -2.16. The first-order valence-electron chi connectivity index (χ1n) is 12.6. The third-order valence-corrected chi connectivity index (χ3v) is 5.95. The van der Waals surface area contributed by atoms with Gasteiger partial charge in [0, 0.05) is 42.0 Å². The molecule has 2 aromatic carbocycles. The number of primary amides is 1. The average Bonchev–Trinajstić information content (AvgIpc) is 2.92. The quantitative estimate of drug-likeness (QED) is 0.239. The van der Waals surface area contributed by atoms with Crippen LogP contribution in [0.3, 0.4) is 0 Å². The minimum absolute atomic E-state index is 0.124. The minimum atomic E-state index is -0.884. The van der Waals surface area contributed by atoms with Crippen molar-refractivity contribution >= 4 is 16.8 Å². The Balaban J connectivity index is 1.68. The average molecular weight is 553 g/mol. The fourth-order valence-electron chi connectivity index (χ4n) is 4.12. The van der Waals surface area contributed by atoms with Crippen LogP contribution < -0.4 is 24.7 Å². The number of pyridine rings is 2. The summed E-state index contributed by atoms with van der Waals surface area (Å²) in [5.41, 5.74) is 5.47. The molecule has 0 atom stereocenters. The van der Waals surface area contributed by atoms with Crippen LogP contribution in [-0.4, -0.2) is 61.7 Å². The molecular formula is C29H30F2N4O5. The molecule has 0 fully saturated rings. The van der Waals surface area contributed by atoms with Crippen LogP contribution in [0.2, 0.25) is 0 Å². The third kappa shape index (κ3) is 6.20. The molecule has 0 bridgehead atoms. The Labute approximate surface area is 230 Å². The Morgan fingerprint density at radius 1 is 0.925 bits per heavy atom. The van der Waals surface area contributed by atoms with E-state index < -0.39 is 17.5 Å². The molecule has 0 unspecified atom stereocenters. The number of hydrogen-bond acceptors (Lipinski definition) is 8. The van der Waals surface area contributed by atoms with E-state index in [1.54, 1.807) is 19.1 Å². The summed E-state index contributed by atoms with van der Waals surface area (Å²) in [5.74, 6) is -1.72. The van der Waals surface area contributed by atoms with E-state index in [-0.39, 0.29) is 40.7 Å². The summed E-state index contributed by atoms with van der Waals surface area (Å²) >= 11 is 0. The van der Waals surface area contributed by atoms with E-state index in [0.717, 1.165) is 25.1 Å². The van der Waals surface area contributed by atoms with E-state index in [1.165, 1.54) is 31.6 Å². The van der Waals surface area contributed by atoms with Crippen LogP contribution in [0.4, 0.5) is 8.78 Å². The van der Waals surface area contributed by atoms with Crippen LogP contribution in [0.1, 0.15) is 23.7 Å². The van der Waals surface area contributed by atoms with Gasteiger partial charge in [-0.3, -0.25) is 14.8 Å². The van der Waals surface area contributed by atoms with Crippen molar-refractivity contribution in [3.63, 3.8) is 0 Å². The third-order valence-electron chi connectivity index (χ3n) is 5.95. The van der Waals surface area contributed by atoms with Crippen LogP contribution in [0.5, 0.6) is 28.7 Å². The maximum absolute atomic E-state index is 15.3. The van der Waals surface area contributed by atoms with Crippen LogP contribution >= 0.6 is 0 Å². The molecule has 0 saturated heterocycles. The number of hydrogen-bond donors (Lipinski definition) is 1. The van der Waals surface area contributed by atoms with Crippen LogP contribution in [0, 0.1) is 11.6 Å². The molecule has 40 heavy (non-hydrogen) atoms. The number of fused-ring (bicyclic) bond motifs is 1. The van der Waals surface area contributed by atoms with Gasteiger partial charge in [0.25, 0.3) is 5.91 Å². The second kappa shape index (κ2) is 12.6. The molecule has 11 heteroatoms. The second-order valence-electron chi connectivity index (χ2n) is 9.03. The van der Waals surface area contributed by atoms with Gasteiger partial charge in [-0.15, -0.1) is 0 Å². The summed E-state index contributed by atoms with van der Waals surface area (Å²) in [6.07, 6.45) is 3.63.